The van der Waals surface area contributed by atoms with E-state index < -0.39 is 0 Å². The average molecular weight is 378 g/mol. The van der Waals surface area contributed by atoms with Crippen LogP contribution in [0.1, 0.15) is 41.7 Å². The monoisotopic (exact) mass is 378 g/mol. The van der Waals surface area contributed by atoms with Gasteiger partial charge in [-0.2, -0.15) is 0 Å². The molecule has 0 bridgehead atoms. The molecule has 3 heterocycles. The van der Waals surface area contributed by atoms with Gasteiger partial charge in [-0.25, -0.2) is 14.4 Å². The van der Waals surface area contributed by atoms with Gasteiger partial charge in [0, 0.05) is 36.1 Å². The van der Waals surface area contributed by atoms with E-state index in [4.69, 9.17) is 0 Å². The maximum Gasteiger partial charge on any atom is 0.257 e. The summed E-state index contributed by atoms with van der Waals surface area (Å²) in [7, 11) is 0. The lowest BCUT2D eigenvalue weighted by Gasteiger charge is -2.22. The Kier molecular flexibility index (Phi) is 5.19. The third-order valence-corrected chi connectivity index (χ3v) is 5.11. The number of aryl methyl sites for hydroxylation is 1. The van der Waals surface area contributed by atoms with Crippen LogP contribution in [0.3, 0.4) is 0 Å². The van der Waals surface area contributed by atoms with E-state index in [2.05, 4.69) is 15.3 Å². The molecule has 0 saturated carbocycles. The SMILES string of the molecule is Cc1ccc2c(Nc3ccc(F)cc3)c(C(=O)N3CCCCCC3)cnc2n1. The van der Waals surface area contributed by atoms with E-state index in [-0.39, 0.29) is 11.7 Å². The van der Waals surface area contributed by atoms with Crippen LogP contribution >= 0.6 is 0 Å². The van der Waals surface area contributed by atoms with Crippen LogP contribution in [0.5, 0.6) is 0 Å². The number of nitrogens with zero attached hydrogens (tertiary/aromatic N) is 3. The molecule has 2 aromatic heterocycles. The Hall–Kier alpha value is -3.02. The molecule has 0 unspecified atom stereocenters. The number of likely N-dealkylation sites (tertiary alicyclic amines) is 1. The number of hydrogen-bond acceptors (Lipinski definition) is 4. The third kappa shape index (κ3) is 3.81. The number of benzene rings is 1. The fourth-order valence-corrected chi connectivity index (χ4v) is 3.59. The van der Waals surface area contributed by atoms with Crippen LogP contribution in [-0.2, 0) is 0 Å². The van der Waals surface area contributed by atoms with Gasteiger partial charge in [-0.1, -0.05) is 12.8 Å². The summed E-state index contributed by atoms with van der Waals surface area (Å²) in [6, 6.07) is 9.93. The van der Waals surface area contributed by atoms with Crippen molar-refractivity contribution in [1.29, 1.82) is 0 Å². The number of carbonyl (C=O) groups is 1. The van der Waals surface area contributed by atoms with Crippen molar-refractivity contribution >= 4 is 28.3 Å². The first-order valence-electron chi connectivity index (χ1n) is 9.70. The molecule has 144 valence electrons. The van der Waals surface area contributed by atoms with E-state index >= 15 is 0 Å². The van der Waals surface area contributed by atoms with Gasteiger partial charge in [-0.05, 0) is 56.2 Å². The zero-order valence-corrected chi connectivity index (χ0v) is 15.9. The standard InChI is InChI=1S/C22H23FN4O/c1-15-6-11-18-20(26-17-9-7-16(23)8-10-17)19(14-24-21(18)25-15)22(28)27-12-4-2-3-5-13-27/h6-11,14H,2-5,12-13H2,1H3,(H,24,25,26). The summed E-state index contributed by atoms with van der Waals surface area (Å²) < 4.78 is 13.3. The average Bonchev–Trinajstić information content (AvgIpc) is 2.99. The van der Waals surface area contributed by atoms with E-state index in [0.29, 0.717) is 22.6 Å². The number of pyridine rings is 2. The number of amides is 1. The van der Waals surface area contributed by atoms with Crippen molar-refractivity contribution in [3.8, 4) is 0 Å². The molecule has 1 aliphatic rings. The highest BCUT2D eigenvalue weighted by atomic mass is 19.1. The molecule has 0 atom stereocenters. The first kappa shape index (κ1) is 18.3. The van der Waals surface area contributed by atoms with Crippen molar-refractivity contribution in [3.05, 3.63) is 59.7 Å². The Morgan fingerprint density at radius 2 is 1.75 bits per heavy atom. The summed E-state index contributed by atoms with van der Waals surface area (Å²) >= 11 is 0. The zero-order chi connectivity index (χ0) is 19.5. The van der Waals surface area contributed by atoms with Crippen LogP contribution in [0, 0.1) is 12.7 Å². The number of carbonyl (C=O) groups excluding carboxylic acids is 1. The van der Waals surface area contributed by atoms with Crippen molar-refractivity contribution < 1.29 is 9.18 Å². The Bertz CT molecular complexity index is 995. The van der Waals surface area contributed by atoms with E-state index in [1.54, 1.807) is 18.3 Å². The zero-order valence-electron chi connectivity index (χ0n) is 15.9. The molecule has 4 rings (SSSR count). The molecule has 0 aliphatic carbocycles. The van der Waals surface area contributed by atoms with Crippen LogP contribution in [0.2, 0.25) is 0 Å². The van der Waals surface area contributed by atoms with Crippen LogP contribution in [-0.4, -0.2) is 33.9 Å². The van der Waals surface area contributed by atoms with E-state index in [0.717, 1.165) is 49.9 Å². The van der Waals surface area contributed by atoms with Crippen LogP contribution < -0.4 is 5.32 Å². The first-order chi connectivity index (χ1) is 13.6. The topological polar surface area (TPSA) is 58.1 Å². The molecule has 6 heteroatoms. The van der Waals surface area contributed by atoms with Gasteiger partial charge >= 0.3 is 0 Å². The van der Waals surface area contributed by atoms with Crippen LogP contribution in [0.25, 0.3) is 11.0 Å². The number of nitrogens with one attached hydrogen (secondary N) is 1. The maximum atomic E-state index is 13.3. The van der Waals surface area contributed by atoms with Crippen molar-refractivity contribution in [1.82, 2.24) is 14.9 Å². The minimum absolute atomic E-state index is 0.0264. The van der Waals surface area contributed by atoms with Gasteiger partial charge in [0.1, 0.15) is 5.82 Å². The Balaban J connectivity index is 1.79. The third-order valence-electron chi connectivity index (χ3n) is 5.11. The molecule has 1 amide bonds. The molecular formula is C22H23FN4O. The quantitative estimate of drug-likeness (QED) is 0.709. The number of fused-ring (bicyclic) bond motifs is 1. The molecule has 1 aromatic carbocycles. The van der Waals surface area contributed by atoms with Crippen molar-refractivity contribution in [2.24, 2.45) is 0 Å². The lowest BCUT2D eigenvalue weighted by Crippen LogP contribution is -2.32. The molecule has 0 spiro atoms. The van der Waals surface area contributed by atoms with Gasteiger partial charge in [0.05, 0.1) is 11.3 Å². The van der Waals surface area contributed by atoms with E-state index in [1.807, 2.05) is 24.0 Å². The highest BCUT2D eigenvalue weighted by molar-refractivity contribution is 6.07. The number of rotatable bonds is 3. The highest BCUT2D eigenvalue weighted by Gasteiger charge is 2.22. The lowest BCUT2D eigenvalue weighted by atomic mass is 10.1. The van der Waals surface area contributed by atoms with Gasteiger partial charge in [-0.15, -0.1) is 0 Å². The molecule has 1 saturated heterocycles. The number of aromatic nitrogens is 2. The molecule has 1 aliphatic heterocycles. The van der Waals surface area contributed by atoms with E-state index in [1.165, 1.54) is 12.1 Å². The van der Waals surface area contributed by atoms with Gasteiger partial charge in [-0.3, -0.25) is 4.79 Å². The van der Waals surface area contributed by atoms with E-state index in [9.17, 15) is 9.18 Å². The number of anilines is 2. The molecule has 5 nitrogen and oxygen atoms in total. The van der Waals surface area contributed by atoms with Gasteiger partial charge in [0.15, 0.2) is 5.65 Å². The predicted octanol–water partition coefficient (Wildman–Crippen LogP) is 4.84. The normalized spacial score (nSPS) is 14.7. The lowest BCUT2D eigenvalue weighted by molar-refractivity contribution is 0.0762. The number of halogens is 1. The van der Waals surface area contributed by atoms with Crippen LogP contribution in [0.4, 0.5) is 15.8 Å². The summed E-state index contributed by atoms with van der Waals surface area (Å²) in [5.74, 6) is -0.329. The van der Waals surface area contributed by atoms with Crippen molar-refractivity contribution in [2.75, 3.05) is 18.4 Å². The van der Waals surface area contributed by atoms with Gasteiger partial charge < -0.3 is 10.2 Å². The smallest absolute Gasteiger partial charge is 0.257 e. The largest absolute Gasteiger partial charge is 0.354 e. The Labute approximate surface area is 163 Å². The first-order valence-corrected chi connectivity index (χ1v) is 9.70. The van der Waals surface area contributed by atoms with Crippen LogP contribution in [0.15, 0.2) is 42.6 Å². The van der Waals surface area contributed by atoms with Crippen molar-refractivity contribution in [3.63, 3.8) is 0 Å². The molecule has 3 aromatic rings. The minimum atomic E-state index is -0.303. The molecule has 28 heavy (non-hydrogen) atoms. The Morgan fingerprint density at radius 1 is 1.04 bits per heavy atom. The second-order valence-electron chi connectivity index (χ2n) is 7.21. The minimum Gasteiger partial charge on any atom is -0.354 e. The van der Waals surface area contributed by atoms with Crippen molar-refractivity contribution in [2.45, 2.75) is 32.6 Å². The molecule has 1 N–H and O–H groups in total. The second kappa shape index (κ2) is 7.92. The summed E-state index contributed by atoms with van der Waals surface area (Å²) in [6.07, 6.45) is 5.96. The molecule has 1 fully saturated rings. The van der Waals surface area contributed by atoms with Gasteiger partial charge in [0.2, 0.25) is 0 Å². The Morgan fingerprint density at radius 3 is 2.46 bits per heavy atom. The summed E-state index contributed by atoms with van der Waals surface area (Å²) in [4.78, 5) is 24.1. The summed E-state index contributed by atoms with van der Waals surface area (Å²) in [6.45, 7) is 3.43. The highest BCUT2D eigenvalue weighted by Crippen LogP contribution is 2.30. The molecule has 0 radical (unpaired) electrons. The fraction of sp³-hybridized carbons (Fsp3) is 0.318. The maximum absolute atomic E-state index is 13.3. The van der Waals surface area contributed by atoms with Gasteiger partial charge in [0.25, 0.3) is 5.91 Å². The molecular weight excluding hydrogens is 355 g/mol. The second-order valence-corrected chi connectivity index (χ2v) is 7.21. The fourth-order valence-electron chi connectivity index (χ4n) is 3.59. The summed E-state index contributed by atoms with van der Waals surface area (Å²) in [5.41, 5.74) is 3.33. The summed E-state index contributed by atoms with van der Waals surface area (Å²) in [5, 5.41) is 4.08. The number of hydrogen-bond donors (Lipinski definition) is 1. The predicted molar refractivity (Wildman–Crippen MR) is 108 cm³/mol.